The van der Waals surface area contributed by atoms with Gasteiger partial charge in [0.05, 0.1) is 28.4 Å². The number of methoxy groups -OCH3 is 4. The van der Waals surface area contributed by atoms with Crippen molar-refractivity contribution >= 4 is 11.8 Å². The maximum atomic E-state index is 13.3. The lowest BCUT2D eigenvalue weighted by Gasteiger charge is -2.28. The van der Waals surface area contributed by atoms with Crippen molar-refractivity contribution < 1.29 is 33.3 Å². The number of ether oxygens (including phenoxy) is 5. The van der Waals surface area contributed by atoms with Gasteiger partial charge in [-0.1, -0.05) is 30.3 Å². The molecule has 2 amide bonds. The third-order valence-electron chi connectivity index (χ3n) is 5.86. The van der Waals surface area contributed by atoms with E-state index in [1.807, 2.05) is 36.4 Å². The lowest BCUT2D eigenvalue weighted by atomic mass is 9.97. The van der Waals surface area contributed by atoms with Crippen molar-refractivity contribution in [3.63, 3.8) is 0 Å². The summed E-state index contributed by atoms with van der Waals surface area (Å²) in [5.41, 5.74) is 2.48. The van der Waals surface area contributed by atoms with Crippen LogP contribution in [0.2, 0.25) is 0 Å². The molecule has 0 aliphatic carbocycles. The summed E-state index contributed by atoms with van der Waals surface area (Å²) >= 11 is 0. The van der Waals surface area contributed by atoms with Crippen LogP contribution in [0.15, 0.2) is 54.6 Å². The largest absolute Gasteiger partial charge is 0.493 e. The van der Waals surface area contributed by atoms with Crippen LogP contribution in [-0.4, -0.2) is 51.7 Å². The highest BCUT2D eigenvalue weighted by Gasteiger charge is 2.32. The van der Waals surface area contributed by atoms with E-state index in [1.54, 1.807) is 6.07 Å². The van der Waals surface area contributed by atoms with Crippen molar-refractivity contribution in [2.24, 2.45) is 0 Å². The number of benzene rings is 3. The molecule has 0 aromatic heterocycles. The van der Waals surface area contributed by atoms with Crippen LogP contribution >= 0.6 is 0 Å². The lowest BCUT2D eigenvalue weighted by Crippen LogP contribution is -2.42. The lowest BCUT2D eigenvalue weighted by molar-refractivity contribution is 0.0604. The average Bonchev–Trinajstić information content (AvgIpc) is 2.91. The Balaban J connectivity index is 1.60. The van der Waals surface area contributed by atoms with E-state index in [2.05, 4.69) is 0 Å². The van der Waals surface area contributed by atoms with Gasteiger partial charge in [0.25, 0.3) is 11.8 Å². The van der Waals surface area contributed by atoms with Crippen LogP contribution in [0, 0.1) is 0 Å². The normalized spacial score (nSPS) is 12.6. The molecule has 1 aliphatic heterocycles. The third kappa shape index (κ3) is 4.73. The summed E-state index contributed by atoms with van der Waals surface area (Å²) in [7, 11) is 5.94. The first-order chi connectivity index (χ1) is 17.0. The van der Waals surface area contributed by atoms with Gasteiger partial charge in [-0.25, -0.2) is 0 Å². The predicted molar refractivity (Wildman–Crippen MR) is 129 cm³/mol. The van der Waals surface area contributed by atoms with Crippen LogP contribution in [-0.2, 0) is 13.0 Å². The number of hydrogen-bond acceptors (Lipinski definition) is 7. The molecule has 0 unspecified atom stereocenters. The summed E-state index contributed by atoms with van der Waals surface area (Å²) in [4.78, 5) is 27.9. The van der Waals surface area contributed by atoms with Crippen molar-refractivity contribution in [2.45, 2.75) is 13.0 Å². The van der Waals surface area contributed by atoms with Crippen molar-refractivity contribution in [1.29, 1.82) is 0 Å². The molecule has 1 heterocycles. The van der Waals surface area contributed by atoms with Gasteiger partial charge in [0.2, 0.25) is 5.75 Å². The minimum absolute atomic E-state index is 0.228. The molecule has 182 valence electrons. The molecule has 8 heteroatoms. The van der Waals surface area contributed by atoms with E-state index < -0.39 is 11.8 Å². The van der Waals surface area contributed by atoms with Gasteiger partial charge in [-0.2, -0.15) is 0 Å². The van der Waals surface area contributed by atoms with Crippen molar-refractivity contribution in [1.82, 2.24) is 4.90 Å². The Morgan fingerprint density at radius 3 is 2.09 bits per heavy atom. The average molecular weight is 478 g/mol. The van der Waals surface area contributed by atoms with Crippen LogP contribution < -0.4 is 23.7 Å². The van der Waals surface area contributed by atoms with Crippen LogP contribution in [0.1, 0.15) is 31.8 Å². The van der Waals surface area contributed by atoms with Gasteiger partial charge in [0, 0.05) is 17.7 Å². The molecule has 0 saturated carbocycles. The number of carbonyl (C=O) groups excluding carboxylic acids is 2. The number of hydrogen-bond donors (Lipinski definition) is 0. The van der Waals surface area contributed by atoms with E-state index in [4.69, 9.17) is 23.7 Å². The molecule has 4 rings (SSSR count). The van der Waals surface area contributed by atoms with E-state index in [1.165, 1.54) is 45.5 Å². The first-order valence-corrected chi connectivity index (χ1v) is 11.0. The number of fused-ring (bicyclic) bond motifs is 1. The molecule has 0 fully saturated rings. The third-order valence-corrected chi connectivity index (χ3v) is 5.86. The van der Waals surface area contributed by atoms with Crippen LogP contribution in [0.5, 0.6) is 28.7 Å². The Bertz CT molecular complexity index is 1210. The van der Waals surface area contributed by atoms with E-state index in [-0.39, 0.29) is 12.1 Å². The highest BCUT2D eigenvalue weighted by molar-refractivity contribution is 6.12. The minimum Gasteiger partial charge on any atom is -0.493 e. The van der Waals surface area contributed by atoms with Crippen LogP contribution in [0.4, 0.5) is 0 Å². The molecule has 1 aliphatic rings. The fourth-order valence-electron chi connectivity index (χ4n) is 4.05. The van der Waals surface area contributed by atoms with E-state index in [9.17, 15) is 9.59 Å². The van der Waals surface area contributed by atoms with Gasteiger partial charge in [-0.3, -0.25) is 14.5 Å². The predicted octanol–water partition coefficient (Wildman–Crippen LogP) is 4.14. The number of amides is 2. The molecule has 0 N–H and O–H groups in total. The molecule has 35 heavy (non-hydrogen) atoms. The first kappa shape index (κ1) is 23.9. The second-order valence-electron chi connectivity index (χ2n) is 7.86. The highest BCUT2D eigenvalue weighted by Crippen LogP contribution is 2.39. The standard InChI is InChI=1S/C27H27NO7/c1-31-21-15-20-18(12-22(21)35-16-17-8-6-5-7-9-17)10-11-28(27(20)30)26(29)19-13-23(32-2)25(34-4)24(14-19)33-3/h5-9,12-15H,10-11,16H2,1-4H3. The molecule has 0 radical (unpaired) electrons. The molecule has 0 saturated heterocycles. The van der Waals surface area contributed by atoms with Gasteiger partial charge in [-0.05, 0) is 41.8 Å². The summed E-state index contributed by atoms with van der Waals surface area (Å²) in [5, 5.41) is 0. The number of nitrogens with zero attached hydrogens (tertiary/aromatic N) is 1. The Morgan fingerprint density at radius 2 is 1.49 bits per heavy atom. The Labute approximate surface area is 203 Å². The van der Waals surface area contributed by atoms with Crippen molar-refractivity contribution in [2.75, 3.05) is 35.0 Å². The zero-order valence-electron chi connectivity index (χ0n) is 20.1. The molecular weight excluding hydrogens is 450 g/mol. The Morgan fingerprint density at radius 1 is 0.829 bits per heavy atom. The molecule has 3 aromatic carbocycles. The fourth-order valence-corrected chi connectivity index (χ4v) is 4.05. The minimum atomic E-state index is -0.455. The summed E-state index contributed by atoms with van der Waals surface area (Å²) in [6.45, 7) is 0.599. The van der Waals surface area contributed by atoms with E-state index in [0.717, 1.165) is 11.1 Å². The quantitative estimate of drug-likeness (QED) is 0.451. The van der Waals surface area contributed by atoms with Crippen molar-refractivity contribution in [3.05, 3.63) is 76.9 Å². The zero-order valence-corrected chi connectivity index (χ0v) is 20.1. The SMILES string of the molecule is COc1cc2c(cc1OCc1ccccc1)CCN(C(=O)c1cc(OC)c(OC)c(OC)c1)C2=O. The Kier molecular flexibility index (Phi) is 7.10. The molecular formula is C27H27NO7. The van der Waals surface area contributed by atoms with Gasteiger partial charge < -0.3 is 23.7 Å². The van der Waals surface area contributed by atoms with Crippen LogP contribution in [0.25, 0.3) is 0 Å². The number of imide groups is 1. The molecule has 3 aromatic rings. The first-order valence-electron chi connectivity index (χ1n) is 11.0. The maximum Gasteiger partial charge on any atom is 0.261 e. The number of carbonyl (C=O) groups is 2. The van der Waals surface area contributed by atoms with Crippen molar-refractivity contribution in [3.8, 4) is 28.7 Å². The Hall–Kier alpha value is -4.20. The zero-order chi connectivity index (χ0) is 24.9. The van der Waals surface area contributed by atoms with Gasteiger partial charge in [-0.15, -0.1) is 0 Å². The topological polar surface area (TPSA) is 83.5 Å². The summed E-state index contributed by atoms with van der Waals surface area (Å²) in [6, 6.07) is 16.3. The second kappa shape index (κ2) is 10.4. The highest BCUT2D eigenvalue weighted by atomic mass is 16.5. The van der Waals surface area contributed by atoms with E-state index in [0.29, 0.717) is 47.3 Å². The van der Waals surface area contributed by atoms with Gasteiger partial charge in [0.1, 0.15) is 6.61 Å². The summed E-state index contributed by atoms with van der Waals surface area (Å²) in [6.07, 6.45) is 0.489. The molecule has 0 bridgehead atoms. The van der Waals surface area contributed by atoms with E-state index >= 15 is 0 Å². The van der Waals surface area contributed by atoms with Gasteiger partial charge >= 0.3 is 0 Å². The second-order valence-corrected chi connectivity index (χ2v) is 7.86. The van der Waals surface area contributed by atoms with Crippen LogP contribution in [0.3, 0.4) is 0 Å². The molecule has 8 nitrogen and oxygen atoms in total. The monoisotopic (exact) mass is 477 g/mol. The van der Waals surface area contributed by atoms with Gasteiger partial charge in [0.15, 0.2) is 23.0 Å². The summed E-state index contributed by atoms with van der Waals surface area (Å²) < 4.78 is 27.5. The number of rotatable bonds is 8. The summed E-state index contributed by atoms with van der Waals surface area (Å²) in [5.74, 6) is 1.15. The maximum absolute atomic E-state index is 13.3. The molecule has 0 spiro atoms. The molecule has 0 atom stereocenters. The smallest absolute Gasteiger partial charge is 0.261 e. The fraction of sp³-hybridized carbons (Fsp3) is 0.259.